The summed E-state index contributed by atoms with van der Waals surface area (Å²) >= 11 is 0. The van der Waals surface area contributed by atoms with Crippen molar-refractivity contribution in [3.63, 3.8) is 0 Å². The monoisotopic (exact) mass is 798 g/mol. The predicted molar refractivity (Wildman–Crippen MR) is 209 cm³/mol. The largest absolute Gasteiger partial charge is 0.469 e. The van der Waals surface area contributed by atoms with Gasteiger partial charge >= 0.3 is 12.1 Å². The van der Waals surface area contributed by atoms with Gasteiger partial charge in [-0.25, -0.2) is 22.9 Å². The molecule has 2 aromatic carbocycles. The molecular weight excluding hydrogens is 754 g/mol. The third-order valence-corrected chi connectivity index (χ3v) is 12.0. The lowest BCUT2D eigenvalue weighted by molar-refractivity contribution is -0.0684. The molecule has 2 bridgehead atoms. The number of ether oxygens (including phenoxy) is 5. The number of terminal acetylenes is 1. The van der Waals surface area contributed by atoms with Crippen molar-refractivity contribution in [3.05, 3.63) is 59.7 Å². The molecule has 0 spiro atoms. The van der Waals surface area contributed by atoms with Crippen LogP contribution in [0.1, 0.15) is 52.0 Å². The first-order valence-electron chi connectivity index (χ1n) is 19.6. The molecule has 2 aromatic heterocycles. The minimum absolute atomic E-state index is 0.00630. The van der Waals surface area contributed by atoms with Crippen molar-refractivity contribution in [2.24, 2.45) is 0 Å². The Kier molecular flexibility index (Phi) is 9.44. The van der Waals surface area contributed by atoms with Crippen LogP contribution in [-0.2, 0) is 14.2 Å². The molecule has 12 nitrogen and oxygen atoms in total. The molecule has 6 atom stereocenters. The number of halogens is 3. The van der Waals surface area contributed by atoms with Gasteiger partial charge in [0.15, 0.2) is 5.82 Å². The summed E-state index contributed by atoms with van der Waals surface area (Å²) in [7, 11) is 1.51. The van der Waals surface area contributed by atoms with E-state index in [4.69, 9.17) is 45.1 Å². The molecule has 7 heterocycles. The number of carbonyl (C=O) groups excluding carboxylic acids is 1. The number of carbonyl (C=O) groups is 1. The van der Waals surface area contributed by atoms with Crippen molar-refractivity contribution in [3.8, 4) is 35.5 Å². The molecule has 5 aliphatic heterocycles. The Bertz CT molecular complexity index is 2390. The fourth-order valence-corrected chi connectivity index (χ4v) is 9.83. The van der Waals surface area contributed by atoms with Crippen LogP contribution < -0.4 is 14.4 Å². The molecule has 5 aliphatic rings. The van der Waals surface area contributed by atoms with Crippen LogP contribution >= 0.6 is 0 Å². The maximum absolute atomic E-state index is 17.6. The summed E-state index contributed by atoms with van der Waals surface area (Å²) < 4.78 is 78.0. The van der Waals surface area contributed by atoms with Crippen molar-refractivity contribution in [2.75, 3.05) is 51.7 Å². The number of hydrogen-bond acceptors (Lipinski definition) is 11. The third kappa shape index (κ3) is 6.36. The molecule has 4 aromatic rings. The van der Waals surface area contributed by atoms with E-state index in [0.717, 1.165) is 5.57 Å². The maximum atomic E-state index is 17.6. The Balaban J connectivity index is 1.23. The van der Waals surface area contributed by atoms with Crippen molar-refractivity contribution in [1.82, 2.24) is 24.8 Å². The van der Waals surface area contributed by atoms with Gasteiger partial charge < -0.3 is 28.6 Å². The van der Waals surface area contributed by atoms with Gasteiger partial charge in [0.25, 0.3) is 0 Å². The zero-order valence-electron chi connectivity index (χ0n) is 32.9. The summed E-state index contributed by atoms with van der Waals surface area (Å²) in [6.07, 6.45) is 5.67. The SMILES string of the molecule is C#Cc1c(F)ccc2cccc(-c3nc4c5c(nc(OCC67CC(=C)CN6C[C@H](F)C7)nc5c3F)N3C[C@H]5CC[C@@H]([C@H]3[C@H](COCOC)O4)N5C(=O)OC(C)(C)C)c12. The second kappa shape index (κ2) is 14.3. The number of hydrogen-bond donors (Lipinski definition) is 0. The van der Waals surface area contributed by atoms with Crippen molar-refractivity contribution in [1.29, 1.82) is 0 Å². The Morgan fingerprint density at radius 3 is 2.72 bits per heavy atom. The van der Waals surface area contributed by atoms with Gasteiger partial charge in [0.05, 0.1) is 35.8 Å². The van der Waals surface area contributed by atoms with Gasteiger partial charge in [-0.3, -0.25) is 9.80 Å². The summed E-state index contributed by atoms with van der Waals surface area (Å²) in [5, 5.41) is 1.08. The van der Waals surface area contributed by atoms with E-state index in [1.807, 2.05) is 30.6 Å². The summed E-state index contributed by atoms with van der Waals surface area (Å²) in [6, 6.07) is 6.54. The number of rotatable bonds is 8. The van der Waals surface area contributed by atoms with Crippen LogP contribution in [0, 0.1) is 24.0 Å². The second-order valence-electron chi connectivity index (χ2n) is 17.0. The van der Waals surface area contributed by atoms with E-state index < -0.39 is 53.2 Å². The number of fused-ring (bicyclic) bond motifs is 7. The first-order valence-corrected chi connectivity index (χ1v) is 19.6. The van der Waals surface area contributed by atoms with E-state index in [1.54, 1.807) is 29.2 Å². The van der Waals surface area contributed by atoms with E-state index >= 15 is 8.78 Å². The average molecular weight is 799 g/mol. The lowest BCUT2D eigenvalue weighted by atomic mass is 9.93. The highest BCUT2D eigenvalue weighted by atomic mass is 19.1. The Morgan fingerprint density at radius 2 is 1.95 bits per heavy atom. The minimum Gasteiger partial charge on any atom is -0.469 e. The van der Waals surface area contributed by atoms with E-state index in [9.17, 15) is 9.18 Å². The number of aromatic nitrogens is 3. The normalized spacial score (nSPS) is 26.4. The average Bonchev–Trinajstić information content (AvgIpc) is 3.74. The molecule has 0 saturated carbocycles. The first kappa shape index (κ1) is 38.4. The van der Waals surface area contributed by atoms with Gasteiger partial charge in [0.1, 0.15) is 59.5 Å². The van der Waals surface area contributed by atoms with Crippen LogP contribution in [0.4, 0.5) is 23.8 Å². The zero-order valence-corrected chi connectivity index (χ0v) is 32.9. The molecule has 4 fully saturated rings. The smallest absolute Gasteiger partial charge is 0.410 e. The molecule has 4 saturated heterocycles. The number of nitrogens with zero attached hydrogens (tertiary/aromatic N) is 6. The van der Waals surface area contributed by atoms with Gasteiger partial charge in [-0.15, -0.1) is 6.42 Å². The molecule has 1 unspecified atom stereocenters. The zero-order chi connectivity index (χ0) is 40.7. The van der Waals surface area contributed by atoms with Crippen molar-refractivity contribution >= 4 is 33.6 Å². The standard InChI is InChI=1S/C43H45F3N6O6/c1-7-27-29(45)13-11-24-9-8-10-28(32(24)27)35-34(46)36-33-38(49-40(48-36)56-21-43-15-23(2)17-50(43)18-25(44)16-43)51-19-26-12-14-30(52(26)41(53)58-42(3,4)5)37(51)31(20-55-22-54-6)57-39(33)47-35/h1,8-11,13,25-26,30-31,37H,2,12,14-22H2,3-6H3/t25-,26-,30+,31+,37+,43?/m1/s1. The van der Waals surface area contributed by atoms with E-state index in [-0.39, 0.29) is 78.6 Å². The van der Waals surface area contributed by atoms with Crippen molar-refractivity contribution in [2.45, 2.75) is 88.0 Å². The van der Waals surface area contributed by atoms with Gasteiger partial charge in [-0.1, -0.05) is 42.3 Å². The molecular formula is C43H45F3N6O6. The first-order chi connectivity index (χ1) is 27.8. The Labute approximate surface area is 334 Å². The van der Waals surface area contributed by atoms with Gasteiger partial charge in [0, 0.05) is 44.1 Å². The molecule has 58 heavy (non-hydrogen) atoms. The van der Waals surface area contributed by atoms with Gasteiger partial charge in [0.2, 0.25) is 5.88 Å². The van der Waals surface area contributed by atoms with Crippen LogP contribution in [-0.4, -0.2) is 119 Å². The maximum Gasteiger partial charge on any atom is 0.410 e. The van der Waals surface area contributed by atoms with Crippen LogP contribution in [0.3, 0.4) is 0 Å². The second-order valence-corrected chi connectivity index (χ2v) is 17.0. The highest BCUT2D eigenvalue weighted by Gasteiger charge is 2.55. The van der Waals surface area contributed by atoms with Crippen LogP contribution in [0.15, 0.2) is 42.5 Å². The van der Waals surface area contributed by atoms with Gasteiger partial charge in [-0.05, 0) is 51.5 Å². The molecule has 1 amide bonds. The fourth-order valence-electron chi connectivity index (χ4n) is 9.83. The van der Waals surface area contributed by atoms with Gasteiger partial charge in [-0.2, -0.15) is 9.97 Å². The van der Waals surface area contributed by atoms with E-state index in [1.165, 1.54) is 13.2 Å². The number of amides is 1. The quantitative estimate of drug-likeness (QED) is 0.0837. The van der Waals surface area contributed by atoms with E-state index in [2.05, 4.69) is 12.5 Å². The number of piperazine rings is 1. The summed E-state index contributed by atoms with van der Waals surface area (Å²) in [4.78, 5) is 34.2. The highest BCUT2D eigenvalue weighted by molar-refractivity contribution is 6.03. The summed E-state index contributed by atoms with van der Waals surface area (Å²) in [5.74, 6) is 1.29. The van der Waals surface area contributed by atoms with Crippen molar-refractivity contribution < 1.29 is 41.7 Å². The Morgan fingerprint density at radius 1 is 1.12 bits per heavy atom. The lowest BCUT2D eigenvalue weighted by Gasteiger charge is -2.48. The number of pyridine rings is 1. The predicted octanol–water partition coefficient (Wildman–Crippen LogP) is 6.56. The number of methoxy groups -OCH3 is 1. The lowest BCUT2D eigenvalue weighted by Crippen LogP contribution is -2.66. The van der Waals surface area contributed by atoms with E-state index in [0.29, 0.717) is 48.9 Å². The molecule has 0 N–H and O–H groups in total. The highest BCUT2D eigenvalue weighted by Crippen LogP contribution is 2.48. The molecule has 304 valence electrons. The summed E-state index contributed by atoms with van der Waals surface area (Å²) in [5.41, 5.74) is -0.538. The molecule has 9 rings (SSSR count). The minimum atomic E-state index is -1.03. The third-order valence-electron chi connectivity index (χ3n) is 12.0. The summed E-state index contributed by atoms with van der Waals surface area (Å²) in [6.45, 7) is 10.8. The van der Waals surface area contributed by atoms with Crippen LogP contribution in [0.2, 0.25) is 0 Å². The number of anilines is 1. The number of alkyl halides is 1. The fraction of sp³-hybridized carbons (Fsp3) is 0.488. The molecule has 15 heteroatoms. The van der Waals surface area contributed by atoms with Crippen LogP contribution in [0.5, 0.6) is 11.9 Å². The molecule has 0 radical (unpaired) electrons. The molecule has 0 aliphatic carbocycles. The topological polar surface area (TPSA) is 112 Å². The Hall–Kier alpha value is -5.17. The number of benzene rings is 2. The van der Waals surface area contributed by atoms with Crippen LogP contribution in [0.25, 0.3) is 32.9 Å².